The number of fused-ring (bicyclic) bond motifs is 2. The molecule has 1 aromatic rings. The molecule has 3 aliphatic carbocycles. The van der Waals surface area contributed by atoms with Gasteiger partial charge in [0, 0.05) is 29.6 Å². The molecule has 2 heterocycles. The van der Waals surface area contributed by atoms with E-state index >= 15 is 0 Å². The summed E-state index contributed by atoms with van der Waals surface area (Å²) in [6, 6.07) is 5.35. The largest absolute Gasteiger partial charge is 0.508 e. The molecule has 1 unspecified atom stereocenters. The van der Waals surface area contributed by atoms with Crippen LogP contribution < -0.4 is 11.1 Å². The maximum atomic E-state index is 12.8. The maximum absolute atomic E-state index is 12.8. The molecule has 2 saturated carbocycles. The lowest BCUT2D eigenvalue weighted by atomic mass is 9.47. The molecular formula is C26H30N4O5. The summed E-state index contributed by atoms with van der Waals surface area (Å²) in [4.78, 5) is 43.1. The second-order valence-electron chi connectivity index (χ2n) is 10.9. The molecule has 0 spiro atoms. The third-order valence-corrected chi connectivity index (χ3v) is 8.81. The van der Waals surface area contributed by atoms with E-state index in [1.807, 2.05) is 6.07 Å². The Morgan fingerprint density at radius 1 is 1.29 bits per heavy atom. The van der Waals surface area contributed by atoms with Crippen molar-refractivity contribution in [3.63, 3.8) is 0 Å². The lowest BCUT2D eigenvalue weighted by Crippen LogP contribution is -2.74. The molecule has 184 valence electrons. The van der Waals surface area contributed by atoms with Crippen LogP contribution in [0.5, 0.6) is 5.75 Å². The molecule has 1 aromatic carbocycles. The fraction of sp³-hybridized carbons (Fsp3) is 0.538. The van der Waals surface area contributed by atoms with Crippen molar-refractivity contribution in [2.45, 2.75) is 55.6 Å². The number of rotatable bonds is 5. The monoisotopic (exact) mass is 478 g/mol. The van der Waals surface area contributed by atoms with Crippen molar-refractivity contribution in [1.29, 1.82) is 0 Å². The van der Waals surface area contributed by atoms with Gasteiger partial charge in [0.25, 0.3) is 11.8 Å². The molecule has 3 fully saturated rings. The number of aliphatic hydroxyl groups is 1. The summed E-state index contributed by atoms with van der Waals surface area (Å²) in [5.74, 6) is -1.54. The van der Waals surface area contributed by atoms with Crippen molar-refractivity contribution < 1.29 is 24.6 Å². The van der Waals surface area contributed by atoms with Gasteiger partial charge in [-0.1, -0.05) is 12.1 Å². The Hall–Kier alpha value is -3.04. The van der Waals surface area contributed by atoms with Crippen LogP contribution in [0.1, 0.15) is 43.2 Å². The maximum Gasteiger partial charge on any atom is 0.282 e. The van der Waals surface area contributed by atoms with Crippen LogP contribution in [0.25, 0.3) is 0 Å². The van der Waals surface area contributed by atoms with E-state index < -0.39 is 28.7 Å². The number of piperidine rings is 1. The molecule has 35 heavy (non-hydrogen) atoms. The van der Waals surface area contributed by atoms with Gasteiger partial charge in [-0.05, 0) is 74.2 Å². The van der Waals surface area contributed by atoms with Crippen LogP contribution in [0, 0.1) is 11.8 Å². The van der Waals surface area contributed by atoms with E-state index in [1.165, 1.54) is 12.8 Å². The molecule has 0 aromatic heterocycles. The first-order chi connectivity index (χ1) is 16.7. The van der Waals surface area contributed by atoms with Gasteiger partial charge in [0.2, 0.25) is 5.91 Å². The summed E-state index contributed by atoms with van der Waals surface area (Å²) >= 11 is 0. The topological polar surface area (TPSA) is 145 Å². The van der Waals surface area contributed by atoms with Crippen molar-refractivity contribution in [1.82, 2.24) is 10.2 Å². The highest BCUT2D eigenvalue weighted by Gasteiger charge is 2.66. The number of aromatic hydroxyl groups is 1. The number of dihydropyridines is 1. The van der Waals surface area contributed by atoms with Crippen molar-refractivity contribution in [3.8, 4) is 5.75 Å². The van der Waals surface area contributed by atoms with Gasteiger partial charge in [0.05, 0.1) is 12.1 Å². The van der Waals surface area contributed by atoms with Gasteiger partial charge < -0.3 is 21.3 Å². The molecule has 2 bridgehead atoms. The van der Waals surface area contributed by atoms with Crippen LogP contribution in [-0.2, 0) is 26.2 Å². The Labute approximate surface area is 203 Å². The van der Waals surface area contributed by atoms with Gasteiger partial charge in [0.1, 0.15) is 11.3 Å². The van der Waals surface area contributed by atoms with E-state index in [0.717, 1.165) is 24.2 Å². The normalized spacial score (nSPS) is 33.6. The van der Waals surface area contributed by atoms with E-state index in [-0.39, 0.29) is 29.8 Å². The first-order valence-corrected chi connectivity index (χ1v) is 12.4. The third kappa shape index (κ3) is 3.43. The molecule has 5 N–H and O–H groups in total. The fourth-order valence-corrected chi connectivity index (χ4v) is 6.98. The van der Waals surface area contributed by atoms with Crippen molar-refractivity contribution in [3.05, 3.63) is 41.0 Å². The summed E-state index contributed by atoms with van der Waals surface area (Å²) in [5.41, 5.74) is 5.98. The lowest BCUT2D eigenvalue weighted by molar-refractivity contribution is -0.158. The summed E-state index contributed by atoms with van der Waals surface area (Å²) in [7, 11) is 0. The first kappa shape index (κ1) is 22.4. The molecule has 3 amide bonds. The highest BCUT2D eigenvalue weighted by molar-refractivity contribution is 6.23. The number of nitrogens with two attached hydrogens (primary N) is 1. The summed E-state index contributed by atoms with van der Waals surface area (Å²) < 4.78 is 0. The predicted molar refractivity (Wildman–Crippen MR) is 127 cm³/mol. The molecule has 5 aliphatic rings. The molecule has 9 heteroatoms. The van der Waals surface area contributed by atoms with Gasteiger partial charge in [0.15, 0.2) is 0 Å². The second kappa shape index (κ2) is 7.73. The number of nitrogens with zero attached hydrogens (tertiary/aromatic N) is 2. The van der Waals surface area contributed by atoms with E-state index in [9.17, 15) is 24.6 Å². The Morgan fingerprint density at radius 2 is 2.09 bits per heavy atom. The Morgan fingerprint density at radius 3 is 2.83 bits per heavy atom. The van der Waals surface area contributed by atoms with Gasteiger partial charge in [-0.2, -0.15) is 0 Å². The number of hydrogen-bond acceptors (Lipinski definition) is 6. The van der Waals surface area contributed by atoms with E-state index in [2.05, 4.69) is 15.2 Å². The molecule has 4 atom stereocenters. The third-order valence-electron chi connectivity index (χ3n) is 8.81. The molecule has 9 nitrogen and oxygen atoms in total. The Bertz CT molecular complexity index is 1200. The quantitative estimate of drug-likeness (QED) is 0.449. The minimum absolute atomic E-state index is 0.0893. The zero-order valence-corrected chi connectivity index (χ0v) is 19.5. The summed E-state index contributed by atoms with van der Waals surface area (Å²) in [6.45, 7) is 1.45. The zero-order valence-electron chi connectivity index (χ0n) is 19.5. The van der Waals surface area contributed by atoms with E-state index in [4.69, 9.17) is 5.73 Å². The average Bonchev–Trinajstić information content (AvgIpc) is 3.62. The van der Waals surface area contributed by atoms with Gasteiger partial charge in [-0.15, -0.1) is 0 Å². The summed E-state index contributed by atoms with van der Waals surface area (Å²) in [5, 5.41) is 25.3. The predicted octanol–water partition coefficient (Wildman–Crippen LogP) is 0.321. The Balaban J connectivity index is 1.40. The number of carbonyl (C=O) groups is 3. The molecule has 6 rings (SSSR count). The number of benzene rings is 1. The van der Waals surface area contributed by atoms with Gasteiger partial charge in [-0.25, -0.2) is 4.99 Å². The Kier molecular flexibility index (Phi) is 4.95. The number of nitrogens with one attached hydrogen (secondary N) is 1. The van der Waals surface area contributed by atoms with Crippen LogP contribution in [0.3, 0.4) is 0 Å². The average molecular weight is 479 g/mol. The standard InChI is InChI=1S/C26H30N4O5/c27-22(32)12-28-23(33)18-7-16-10-26(35)21-8-15-3-4-17(31)9-19(15)25(26,11-20(16)29-24(18)34)5-6-30(21)13-14-1-2-14/h3-4,7,9,14,16,21,31,35H,1-2,5-6,8,10-13H2,(H2,27,32)(H,28,33)/t16?,21-,25-,26-/m1/s1. The van der Waals surface area contributed by atoms with Crippen LogP contribution in [0.4, 0.5) is 0 Å². The van der Waals surface area contributed by atoms with Crippen molar-refractivity contribution in [2.75, 3.05) is 19.6 Å². The minimum Gasteiger partial charge on any atom is -0.508 e. The smallest absolute Gasteiger partial charge is 0.282 e. The number of likely N-dealkylation sites (tertiary alicyclic amines) is 1. The SMILES string of the molecule is NC(=O)CNC(=O)C1=CC2C[C@@]3(O)[C@H]4Cc5ccc(O)cc5[C@@]3(CCN4CC3CC3)CC2=NC1=O. The highest BCUT2D eigenvalue weighted by Crippen LogP contribution is 2.59. The van der Waals surface area contributed by atoms with Crippen LogP contribution in [0.2, 0.25) is 0 Å². The molecule has 1 saturated heterocycles. The highest BCUT2D eigenvalue weighted by atomic mass is 16.3. The summed E-state index contributed by atoms with van der Waals surface area (Å²) in [6.07, 6.45) is 6.19. The molecular weight excluding hydrogens is 448 g/mol. The van der Waals surface area contributed by atoms with Crippen molar-refractivity contribution in [2.24, 2.45) is 22.6 Å². The lowest BCUT2D eigenvalue weighted by Gasteiger charge is -2.65. The number of aliphatic imine (C=N–C) groups is 1. The van der Waals surface area contributed by atoms with E-state index in [0.29, 0.717) is 37.3 Å². The van der Waals surface area contributed by atoms with Crippen LogP contribution in [0.15, 0.2) is 34.8 Å². The number of phenolic OH excluding ortho intramolecular Hbond substituents is 1. The number of allylic oxidation sites excluding steroid dienone is 1. The number of phenols is 1. The van der Waals surface area contributed by atoms with Crippen molar-refractivity contribution >= 4 is 23.4 Å². The minimum atomic E-state index is -1.10. The number of primary amides is 1. The number of hydrogen-bond donors (Lipinski definition) is 4. The van der Waals surface area contributed by atoms with Crippen LogP contribution >= 0.6 is 0 Å². The fourth-order valence-electron chi connectivity index (χ4n) is 6.98. The second-order valence-corrected chi connectivity index (χ2v) is 10.9. The molecule has 0 radical (unpaired) electrons. The first-order valence-electron chi connectivity index (χ1n) is 12.4. The van der Waals surface area contributed by atoms with E-state index in [1.54, 1.807) is 18.2 Å². The number of carbonyl (C=O) groups excluding carboxylic acids is 3. The molecule has 2 aliphatic heterocycles. The van der Waals surface area contributed by atoms with Crippen LogP contribution in [-0.4, -0.2) is 69.8 Å². The van der Waals surface area contributed by atoms with Gasteiger partial charge in [-0.3, -0.25) is 19.3 Å². The van der Waals surface area contributed by atoms with Gasteiger partial charge >= 0.3 is 0 Å². The number of amides is 3. The zero-order chi connectivity index (χ0) is 24.5.